The van der Waals surface area contributed by atoms with Crippen molar-refractivity contribution in [2.24, 2.45) is 0 Å². The summed E-state index contributed by atoms with van der Waals surface area (Å²) in [6.07, 6.45) is 3.13. The van der Waals surface area contributed by atoms with Gasteiger partial charge in [0, 0.05) is 16.2 Å². The molecule has 1 saturated heterocycles. The lowest BCUT2D eigenvalue weighted by Gasteiger charge is -2.25. The molecule has 28 heavy (non-hydrogen) atoms. The maximum atomic E-state index is 12.9. The van der Waals surface area contributed by atoms with Gasteiger partial charge in [0.2, 0.25) is 0 Å². The van der Waals surface area contributed by atoms with E-state index in [1.807, 2.05) is 30.3 Å². The van der Waals surface area contributed by atoms with Crippen molar-refractivity contribution in [1.29, 1.82) is 0 Å². The number of anilines is 1. The minimum Gasteiger partial charge on any atom is -0.507 e. The Labute approximate surface area is 170 Å². The molecule has 1 N–H and O–H groups in total. The predicted octanol–water partition coefficient (Wildman–Crippen LogP) is 4.47. The monoisotopic (exact) mass is 434 g/mol. The number of Topliss-reactive ketones (excluding diaryl/α,β-unsaturated/α-hetero) is 1. The van der Waals surface area contributed by atoms with Gasteiger partial charge in [-0.3, -0.25) is 19.5 Å². The van der Waals surface area contributed by atoms with E-state index in [-0.39, 0.29) is 11.3 Å². The van der Waals surface area contributed by atoms with Gasteiger partial charge in [-0.25, -0.2) is 0 Å². The van der Waals surface area contributed by atoms with Gasteiger partial charge in [0.25, 0.3) is 11.7 Å². The fourth-order valence-electron chi connectivity index (χ4n) is 3.31. The topological polar surface area (TPSA) is 70.5 Å². The average Bonchev–Trinajstić information content (AvgIpc) is 3.00. The summed E-state index contributed by atoms with van der Waals surface area (Å²) < 4.78 is 0.847. The van der Waals surface area contributed by atoms with Gasteiger partial charge < -0.3 is 5.11 Å². The van der Waals surface area contributed by atoms with Gasteiger partial charge in [-0.15, -0.1) is 0 Å². The molecule has 138 valence electrons. The summed E-state index contributed by atoms with van der Waals surface area (Å²) >= 11 is 3.35. The van der Waals surface area contributed by atoms with Gasteiger partial charge in [0.15, 0.2) is 0 Å². The SMILES string of the molecule is O=C1C(=O)N(c2cccnc2)[C@@H](c2ccccc2)C1=C(O)c1ccc(Br)cc1. The van der Waals surface area contributed by atoms with Crippen molar-refractivity contribution < 1.29 is 14.7 Å². The quantitative estimate of drug-likeness (QED) is 0.375. The minimum absolute atomic E-state index is 0.0578. The molecule has 3 aromatic rings. The summed E-state index contributed by atoms with van der Waals surface area (Å²) in [5.41, 5.74) is 1.74. The van der Waals surface area contributed by atoms with Gasteiger partial charge in [0.05, 0.1) is 23.5 Å². The number of carbonyl (C=O) groups excluding carboxylic acids is 2. The molecule has 4 rings (SSSR count). The van der Waals surface area contributed by atoms with E-state index in [4.69, 9.17) is 0 Å². The van der Waals surface area contributed by atoms with Gasteiger partial charge >= 0.3 is 0 Å². The zero-order chi connectivity index (χ0) is 19.7. The molecule has 0 bridgehead atoms. The van der Waals surface area contributed by atoms with Crippen LogP contribution >= 0.6 is 15.9 Å². The van der Waals surface area contributed by atoms with E-state index in [0.29, 0.717) is 11.3 Å². The molecule has 0 unspecified atom stereocenters. The Morgan fingerprint density at radius 3 is 2.32 bits per heavy atom. The van der Waals surface area contributed by atoms with Crippen LogP contribution in [0.2, 0.25) is 0 Å². The maximum Gasteiger partial charge on any atom is 0.300 e. The Bertz CT molecular complexity index is 1060. The fraction of sp³-hybridized carbons (Fsp3) is 0.0455. The molecule has 1 fully saturated rings. The number of ketones is 1. The first kappa shape index (κ1) is 18.1. The van der Waals surface area contributed by atoms with Crippen LogP contribution in [-0.4, -0.2) is 21.8 Å². The predicted molar refractivity (Wildman–Crippen MR) is 110 cm³/mol. The lowest BCUT2D eigenvalue weighted by molar-refractivity contribution is -0.132. The van der Waals surface area contributed by atoms with Crippen molar-refractivity contribution in [1.82, 2.24) is 4.98 Å². The highest BCUT2D eigenvalue weighted by Gasteiger charge is 2.46. The molecule has 2 aromatic carbocycles. The first-order valence-corrected chi connectivity index (χ1v) is 9.39. The van der Waals surface area contributed by atoms with Crippen LogP contribution in [0.5, 0.6) is 0 Å². The lowest BCUT2D eigenvalue weighted by atomic mass is 9.95. The van der Waals surface area contributed by atoms with Gasteiger partial charge in [-0.05, 0) is 29.8 Å². The van der Waals surface area contributed by atoms with Crippen LogP contribution in [0.1, 0.15) is 17.2 Å². The van der Waals surface area contributed by atoms with E-state index in [9.17, 15) is 14.7 Å². The number of benzene rings is 2. The number of carbonyl (C=O) groups is 2. The highest BCUT2D eigenvalue weighted by atomic mass is 79.9. The van der Waals surface area contributed by atoms with E-state index in [0.717, 1.165) is 10.0 Å². The first-order chi connectivity index (χ1) is 13.6. The Morgan fingerprint density at radius 1 is 0.964 bits per heavy atom. The highest BCUT2D eigenvalue weighted by Crippen LogP contribution is 2.41. The lowest BCUT2D eigenvalue weighted by Crippen LogP contribution is -2.29. The van der Waals surface area contributed by atoms with Crippen LogP contribution in [0.25, 0.3) is 5.76 Å². The molecule has 0 spiro atoms. The molecular formula is C22H15BrN2O3. The van der Waals surface area contributed by atoms with Crippen LogP contribution in [0, 0.1) is 0 Å². The smallest absolute Gasteiger partial charge is 0.300 e. The van der Waals surface area contributed by atoms with Crippen molar-refractivity contribution in [3.05, 3.63) is 100 Å². The van der Waals surface area contributed by atoms with E-state index in [1.54, 1.807) is 42.6 Å². The molecular weight excluding hydrogens is 420 g/mol. The van der Waals surface area contributed by atoms with Crippen LogP contribution < -0.4 is 4.90 Å². The Balaban J connectivity index is 1.94. The number of amides is 1. The Morgan fingerprint density at radius 2 is 1.68 bits per heavy atom. The van der Waals surface area contributed by atoms with E-state index >= 15 is 0 Å². The minimum atomic E-state index is -0.742. The number of pyridine rings is 1. The third-order valence-electron chi connectivity index (χ3n) is 4.60. The summed E-state index contributed by atoms with van der Waals surface area (Å²) in [6, 6.07) is 18.8. The van der Waals surface area contributed by atoms with Gasteiger partial charge in [-0.2, -0.15) is 0 Å². The van der Waals surface area contributed by atoms with Crippen LogP contribution in [-0.2, 0) is 9.59 Å². The van der Waals surface area contributed by atoms with Crippen molar-refractivity contribution >= 4 is 39.1 Å². The second-order valence-corrected chi connectivity index (χ2v) is 7.21. The van der Waals surface area contributed by atoms with Crippen molar-refractivity contribution in [2.45, 2.75) is 6.04 Å². The number of aliphatic hydroxyl groups is 1. The standard InChI is InChI=1S/C22H15BrN2O3/c23-16-10-8-15(9-11-16)20(26)18-19(14-5-2-1-3-6-14)25(22(28)21(18)27)17-7-4-12-24-13-17/h1-13,19,26H/t19-/m0/s1. The normalized spacial score (nSPS) is 18.5. The fourth-order valence-corrected chi connectivity index (χ4v) is 3.57. The Hall–Kier alpha value is -3.25. The van der Waals surface area contributed by atoms with E-state index in [1.165, 1.54) is 11.1 Å². The number of aromatic nitrogens is 1. The summed E-state index contributed by atoms with van der Waals surface area (Å²) in [7, 11) is 0. The van der Waals surface area contributed by atoms with Gasteiger partial charge in [0.1, 0.15) is 5.76 Å². The van der Waals surface area contributed by atoms with Gasteiger partial charge in [-0.1, -0.05) is 58.4 Å². The molecule has 1 amide bonds. The molecule has 1 aliphatic rings. The summed E-state index contributed by atoms with van der Waals surface area (Å²) in [6.45, 7) is 0. The third-order valence-corrected chi connectivity index (χ3v) is 5.13. The maximum absolute atomic E-state index is 12.9. The Kier molecular flexibility index (Phi) is 4.79. The van der Waals surface area contributed by atoms with E-state index in [2.05, 4.69) is 20.9 Å². The number of nitrogens with zero attached hydrogens (tertiary/aromatic N) is 2. The molecule has 0 radical (unpaired) electrons. The molecule has 1 aliphatic heterocycles. The molecule has 5 nitrogen and oxygen atoms in total. The largest absolute Gasteiger partial charge is 0.507 e. The van der Waals surface area contributed by atoms with Crippen LogP contribution in [0.15, 0.2) is 89.2 Å². The molecule has 6 heteroatoms. The molecule has 0 aliphatic carbocycles. The molecule has 1 aromatic heterocycles. The van der Waals surface area contributed by atoms with Crippen LogP contribution in [0.3, 0.4) is 0 Å². The average molecular weight is 435 g/mol. The number of hydrogen-bond acceptors (Lipinski definition) is 4. The molecule has 0 saturated carbocycles. The van der Waals surface area contributed by atoms with Crippen molar-refractivity contribution in [3.8, 4) is 0 Å². The molecule has 1 atom stereocenters. The second kappa shape index (κ2) is 7.40. The van der Waals surface area contributed by atoms with E-state index < -0.39 is 17.7 Å². The number of hydrogen-bond donors (Lipinski definition) is 1. The first-order valence-electron chi connectivity index (χ1n) is 8.60. The zero-order valence-corrected chi connectivity index (χ0v) is 16.2. The van der Waals surface area contributed by atoms with Crippen molar-refractivity contribution in [3.63, 3.8) is 0 Å². The van der Waals surface area contributed by atoms with Crippen LogP contribution in [0.4, 0.5) is 5.69 Å². The molecule has 2 heterocycles. The summed E-state index contributed by atoms with van der Waals surface area (Å²) in [5, 5.41) is 10.9. The number of rotatable bonds is 3. The second-order valence-electron chi connectivity index (χ2n) is 6.30. The number of halogens is 1. The summed E-state index contributed by atoms with van der Waals surface area (Å²) in [5.74, 6) is -1.62. The summed E-state index contributed by atoms with van der Waals surface area (Å²) in [4.78, 5) is 31.3. The highest BCUT2D eigenvalue weighted by molar-refractivity contribution is 9.10. The number of aliphatic hydroxyl groups excluding tert-OH is 1. The third kappa shape index (κ3) is 3.12. The zero-order valence-electron chi connectivity index (χ0n) is 14.6. The van der Waals surface area contributed by atoms with Crippen molar-refractivity contribution in [2.75, 3.05) is 4.90 Å².